The first-order valence-electron chi connectivity index (χ1n) is 7.19. The van der Waals surface area contributed by atoms with Gasteiger partial charge in [0.2, 0.25) is 5.43 Å². The second kappa shape index (κ2) is 7.02. The Kier molecular flexibility index (Phi) is 5.28. The fourth-order valence-electron chi connectivity index (χ4n) is 2.58. The molecule has 1 aliphatic heterocycles. The summed E-state index contributed by atoms with van der Waals surface area (Å²) in [6.45, 7) is 1.41. The lowest BCUT2D eigenvalue weighted by atomic mass is 10.0. The first kappa shape index (κ1) is 17.3. The molecule has 2 rings (SSSR count). The maximum Gasteiger partial charge on any atom is 0.329 e. The SMILES string of the molecule is CCCc1cc2c(Cl)c(=O)cc(OC)c-2cn1C(CO)C(=O)O. The highest BCUT2D eigenvalue weighted by molar-refractivity contribution is 6.33. The summed E-state index contributed by atoms with van der Waals surface area (Å²) in [7, 11) is 1.42. The molecule has 0 bridgehead atoms. The van der Waals surface area contributed by atoms with Gasteiger partial charge in [0.05, 0.1) is 18.7 Å². The second-order valence-electron chi connectivity index (χ2n) is 5.18. The van der Waals surface area contributed by atoms with E-state index in [1.54, 1.807) is 12.3 Å². The van der Waals surface area contributed by atoms with Gasteiger partial charge < -0.3 is 19.5 Å². The van der Waals surface area contributed by atoms with Gasteiger partial charge in [-0.15, -0.1) is 0 Å². The van der Waals surface area contributed by atoms with Gasteiger partial charge in [-0.3, -0.25) is 4.79 Å². The molecule has 0 fully saturated rings. The molecule has 1 aliphatic carbocycles. The van der Waals surface area contributed by atoms with E-state index in [0.29, 0.717) is 29.0 Å². The average molecular weight is 340 g/mol. The molecule has 7 heteroatoms. The molecule has 1 unspecified atom stereocenters. The lowest BCUT2D eigenvalue weighted by Gasteiger charge is -2.23. The summed E-state index contributed by atoms with van der Waals surface area (Å²) in [4.78, 5) is 23.3. The summed E-state index contributed by atoms with van der Waals surface area (Å²) in [5.74, 6) is -0.826. The number of aliphatic carboxylic acids is 1. The third kappa shape index (κ3) is 3.18. The van der Waals surface area contributed by atoms with Crippen LogP contribution >= 0.6 is 11.6 Å². The number of fused-ring (bicyclic) bond motifs is 1. The van der Waals surface area contributed by atoms with Crippen LogP contribution in [0, 0.1) is 0 Å². The highest BCUT2D eigenvalue weighted by atomic mass is 35.5. The number of nitrogens with zero attached hydrogens (tertiary/aromatic N) is 1. The van der Waals surface area contributed by atoms with E-state index in [2.05, 4.69) is 0 Å². The smallest absolute Gasteiger partial charge is 0.329 e. The third-order valence-electron chi connectivity index (χ3n) is 3.70. The number of halogens is 1. The number of methoxy groups -OCH3 is 1. The average Bonchev–Trinajstić information content (AvgIpc) is 2.52. The van der Waals surface area contributed by atoms with Gasteiger partial charge in [-0.25, -0.2) is 4.79 Å². The van der Waals surface area contributed by atoms with Gasteiger partial charge in [-0.05, 0) is 12.5 Å². The Morgan fingerprint density at radius 1 is 1.39 bits per heavy atom. The predicted molar refractivity (Wildman–Crippen MR) is 86.6 cm³/mol. The number of benzene rings is 1. The molecule has 0 aromatic carbocycles. The normalized spacial score (nSPS) is 12.3. The van der Waals surface area contributed by atoms with Crippen molar-refractivity contribution >= 4 is 17.6 Å². The molecule has 0 saturated heterocycles. The second-order valence-corrected chi connectivity index (χ2v) is 5.55. The summed E-state index contributed by atoms with van der Waals surface area (Å²) >= 11 is 6.11. The van der Waals surface area contributed by atoms with Crippen molar-refractivity contribution in [2.24, 2.45) is 0 Å². The number of aliphatic hydroxyl groups excluding tert-OH is 1. The number of aromatic nitrogens is 1. The number of rotatable bonds is 6. The van der Waals surface area contributed by atoms with Crippen LogP contribution in [0.15, 0.2) is 23.1 Å². The monoisotopic (exact) mass is 339 g/mol. The van der Waals surface area contributed by atoms with Crippen LogP contribution in [-0.2, 0) is 11.2 Å². The van der Waals surface area contributed by atoms with Crippen LogP contribution in [0.5, 0.6) is 5.75 Å². The fraction of sp³-hybridized carbons (Fsp3) is 0.375. The van der Waals surface area contributed by atoms with Gasteiger partial charge >= 0.3 is 5.97 Å². The molecule has 2 aliphatic rings. The van der Waals surface area contributed by atoms with Crippen molar-refractivity contribution in [2.75, 3.05) is 13.7 Å². The molecule has 23 heavy (non-hydrogen) atoms. The number of hydrogen-bond donors (Lipinski definition) is 2. The first-order chi connectivity index (χ1) is 10.9. The molecule has 0 amide bonds. The van der Waals surface area contributed by atoms with Gasteiger partial charge in [0, 0.05) is 29.1 Å². The zero-order valence-corrected chi connectivity index (χ0v) is 13.6. The third-order valence-corrected chi connectivity index (χ3v) is 4.09. The highest BCUT2D eigenvalue weighted by Gasteiger charge is 2.24. The van der Waals surface area contributed by atoms with E-state index in [-0.39, 0.29) is 10.5 Å². The number of ether oxygens (including phenoxy) is 1. The minimum atomic E-state index is -1.14. The van der Waals surface area contributed by atoms with E-state index in [0.717, 1.165) is 6.42 Å². The Hall–Kier alpha value is -2.05. The number of aliphatic hydroxyl groups is 1. The molecule has 124 valence electrons. The number of aryl methyl sites for hydroxylation is 1. The fourth-order valence-corrected chi connectivity index (χ4v) is 2.79. The Labute approximate surface area is 138 Å². The van der Waals surface area contributed by atoms with Gasteiger partial charge in [0.25, 0.3) is 0 Å². The topological polar surface area (TPSA) is 88.8 Å². The minimum absolute atomic E-state index is 0.0705. The molecular formula is C16H18ClNO5. The Bertz CT molecular complexity index is 755. The number of pyridine rings is 1. The number of carbonyl (C=O) groups is 1. The maximum absolute atomic E-state index is 11.9. The van der Waals surface area contributed by atoms with Crippen molar-refractivity contribution in [3.8, 4) is 16.9 Å². The van der Waals surface area contributed by atoms with E-state index in [1.165, 1.54) is 17.7 Å². The lowest BCUT2D eigenvalue weighted by Crippen LogP contribution is -2.25. The standard InChI is InChI=1S/C16H18ClNO5/c1-3-4-9-5-10-11(7-18(9)12(8-19)16(21)22)14(23-2)6-13(20)15(10)17/h5-7,12,19H,3-4,8H2,1-2H3,(H,21,22). The minimum Gasteiger partial charge on any atom is -0.496 e. The number of carboxylic acid groups (broad SMARTS) is 1. The summed E-state index contributed by atoms with van der Waals surface area (Å²) in [5.41, 5.74) is 1.36. The molecule has 0 aromatic heterocycles. The molecule has 1 atom stereocenters. The van der Waals surface area contributed by atoms with Crippen molar-refractivity contribution in [3.05, 3.63) is 39.3 Å². The summed E-state index contributed by atoms with van der Waals surface area (Å²) in [6, 6.07) is 1.84. The van der Waals surface area contributed by atoms with Crippen LogP contribution in [0.2, 0.25) is 5.02 Å². The number of hydrogen-bond acceptors (Lipinski definition) is 4. The molecule has 2 N–H and O–H groups in total. The van der Waals surface area contributed by atoms with Gasteiger partial charge in [-0.2, -0.15) is 0 Å². The van der Waals surface area contributed by atoms with E-state index in [1.807, 2.05) is 6.92 Å². The summed E-state index contributed by atoms with van der Waals surface area (Å²) < 4.78 is 6.71. The Morgan fingerprint density at radius 3 is 2.61 bits per heavy atom. The van der Waals surface area contributed by atoms with Gasteiger partial charge in [0.1, 0.15) is 5.75 Å². The Morgan fingerprint density at radius 2 is 2.09 bits per heavy atom. The largest absolute Gasteiger partial charge is 0.496 e. The summed E-state index contributed by atoms with van der Waals surface area (Å²) in [5, 5.41) is 18.8. The van der Waals surface area contributed by atoms with E-state index in [9.17, 15) is 19.8 Å². The van der Waals surface area contributed by atoms with Crippen molar-refractivity contribution in [2.45, 2.75) is 25.8 Å². The van der Waals surface area contributed by atoms with Crippen molar-refractivity contribution in [3.63, 3.8) is 0 Å². The van der Waals surface area contributed by atoms with Crippen LogP contribution in [0.3, 0.4) is 0 Å². The molecule has 1 heterocycles. The van der Waals surface area contributed by atoms with E-state index in [4.69, 9.17) is 16.3 Å². The van der Waals surface area contributed by atoms with Gasteiger partial charge in [-0.1, -0.05) is 24.9 Å². The highest BCUT2D eigenvalue weighted by Crippen LogP contribution is 2.36. The first-order valence-corrected chi connectivity index (χ1v) is 7.57. The summed E-state index contributed by atoms with van der Waals surface area (Å²) in [6.07, 6.45) is 2.93. The lowest BCUT2D eigenvalue weighted by molar-refractivity contribution is -0.142. The van der Waals surface area contributed by atoms with Crippen molar-refractivity contribution in [1.82, 2.24) is 4.57 Å². The van der Waals surface area contributed by atoms with E-state index < -0.39 is 18.6 Å². The molecule has 6 nitrogen and oxygen atoms in total. The van der Waals surface area contributed by atoms with Crippen molar-refractivity contribution in [1.29, 1.82) is 0 Å². The van der Waals surface area contributed by atoms with Gasteiger partial charge in [0.15, 0.2) is 6.04 Å². The predicted octanol–water partition coefficient (Wildman–Crippen LogP) is 2.19. The van der Waals surface area contributed by atoms with Crippen LogP contribution in [0.4, 0.5) is 0 Å². The molecular weight excluding hydrogens is 322 g/mol. The quantitative estimate of drug-likeness (QED) is 0.842. The molecule has 0 spiro atoms. The molecule has 0 radical (unpaired) electrons. The maximum atomic E-state index is 11.9. The van der Waals surface area contributed by atoms with Crippen LogP contribution < -0.4 is 10.2 Å². The molecule has 0 saturated carbocycles. The molecule has 0 aromatic rings. The van der Waals surface area contributed by atoms with Crippen LogP contribution in [0.25, 0.3) is 11.1 Å². The number of carboxylic acids is 1. The van der Waals surface area contributed by atoms with Crippen LogP contribution in [0.1, 0.15) is 25.1 Å². The Balaban J connectivity index is 2.83. The van der Waals surface area contributed by atoms with Crippen LogP contribution in [-0.4, -0.2) is 34.5 Å². The van der Waals surface area contributed by atoms with E-state index >= 15 is 0 Å². The zero-order valence-electron chi connectivity index (χ0n) is 12.9. The zero-order chi connectivity index (χ0) is 17.1. The van der Waals surface area contributed by atoms with Crippen molar-refractivity contribution < 1.29 is 19.7 Å².